The van der Waals surface area contributed by atoms with Crippen molar-refractivity contribution >= 4 is 31.0 Å². The number of rotatable bonds is 6. The van der Waals surface area contributed by atoms with Crippen LogP contribution in [0.1, 0.15) is 13.3 Å². The molecule has 0 amide bonds. The first-order valence-electron chi connectivity index (χ1n) is 3.58. The maximum atomic E-state index is 10.9. The second kappa shape index (κ2) is 6.82. The Hall–Kier alpha value is 0.430. The van der Waals surface area contributed by atoms with Crippen molar-refractivity contribution in [3.05, 3.63) is 10.6 Å². The second-order valence-corrected chi connectivity index (χ2v) is 4.18. The van der Waals surface area contributed by atoms with Gasteiger partial charge in [-0.2, -0.15) is 0 Å². The van der Waals surface area contributed by atoms with Crippen LogP contribution in [-0.2, 0) is 13.6 Å². The third-order valence-corrected chi connectivity index (χ3v) is 2.77. The fourth-order valence-corrected chi connectivity index (χ4v) is 1.42. The summed E-state index contributed by atoms with van der Waals surface area (Å²) >= 11 is 10.8. The Morgan fingerprint density at radius 3 is 2.69 bits per heavy atom. The first-order chi connectivity index (χ1) is 6.02. The smallest absolute Gasteiger partial charge is 0.302 e. The first kappa shape index (κ1) is 13.4. The number of hydrogen-bond acceptors (Lipinski definition) is 3. The lowest BCUT2D eigenvalue weighted by Crippen LogP contribution is -1.96. The van der Waals surface area contributed by atoms with Gasteiger partial charge >= 0.3 is 7.82 Å². The molecule has 0 radical (unpaired) electrons. The molecule has 0 saturated carbocycles. The van der Waals surface area contributed by atoms with Crippen LogP contribution in [0.3, 0.4) is 0 Å². The van der Waals surface area contributed by atoms with Gasteiger partial charge < -0.3 is 4.89 Å². The standard InChI is InChI=1S/C6H11Cl2O4P/c1-2-11-13(9,10)12-4-3-6(8)5-7/h5H,2-4H2,1H3,(H,9,10). The summed E-state index contributed by atoms with van der Waals surface area (Å²) in [6.07, 6.45) is 0.280. The van der Waals surface area contributed by atoms with E-state index in [1.54, 1.807) is 6.92 Å². The van der Waals surface area contributed by atoms with Gasteiger partial charge in [0.05, 0.1) is 13.2 Å². The highest BCUT2D eigenvalue weighted by atomic mass is 35.5. The van der Waals surface area contributed by atoms with E-state index in [2.05, 4.69) is 9.05 Å². The average molecular weight is 249 g/mol. The van der Waals surface area contributed by atoms with Crippen molar-refractivity contribution < 1.29 is 18.5 Å². The van der Waals surface area contributed by atoms with Gasteiger partial charge in [-0.25, -0.2) is 4.57 Å². The topological polar surface area (TPSA) is 55.8 Å². The number of phosphoric acid groups is 1. The molecule has 0 aromatic carbocycles. The van der Waals surface area contributed by atoms with Crippen molar-refractivity contribution in [1.29, 1.82) is 0 Å². The molecular weight excluding hydrogens is 238 g/mol. The van der Waals surface area contributed by atoms with Gasteiger partial charge in [-0.3, -0.25) is 9.05 Å². The minimum atomic E-state index is -3.89. The van der Waals surface area contributed by atoms with Gasteiger partial charge in [0.25, 0.3) is 0 Å². The average Bonchev–Trinajstić information content (AvgIpc) is 2.03. The Morgan fingerprint density at radius 1 is 1.62 bits per heavy atom. The van der Waals surface area contributed by atoms with Crippen molar-refractivity contribution in [2.75, 3.05) is 13.2 Å². The summed E-state index contributed by atoms with van der Waals surface area (Å²) in [5.41, 5.74) is 1.17. The Kier molecular flexibility index (Phi) is 7.05. The van der Waals surface area contributed by atoms with Crippen LogP contribution >= 0.6 is 31.0 Å². The fraction of sp³-hybridized carbons (Fsp3) is 0.667. The molecule has 4 nitrogen and oxygen atoms in total. The molecule has 0 bridgehead atoms. The highest BCUT2D eigenvalue weighted by Gasteiger charge is 2.19. The molecule has 0 rings (SSSR count). The van der Waals surface area contributed by atoms with E-state index in [1.807, 2.05) is 0 Å². The summed E-state index contributed by atoms with van der Waals surface area (Å²) in [5.74, 6) is 0. The Labute approximate surface area is 87.1 Å². The molecule has 7 heteroatoms. The van der Waals surface area contributed by atoms with Crippen molar-refractivity contribution in [2.24, 2.45) is 0 Å². The predicted molar refractivity (Wildman–Crippen MR) is 51.8 cm³/mol. The Bertz CT molecular complexity index is 219. The summed E-state index contributed by atoms with van der Waals surface area (Å²) in [6.45, 7) is 1.71. The quantitative estimate of drug-likeness (QED) is 0.735. The van der Waals surface area contributed by atoms with Gasteiger partial charge in [-0.15, -0.1) is 0 Å². The van der Waals surface area contributed by atoms with E-state index in [1.165, 1.54) is 5.54 Å². The SMILES string of the molecule is CCOP(=O)(O)OCCC(Cl)=CCl. The summed E-state index contributed by atoms with van der Waals surface area (Å²) in [6, 6.07) is 0. The molecule has 0 aliphatic heterocycles. The first-order valence-corrected chi connectivity index (χ1v) is 5.89. The molecule has 0 aliphatic rings. The molecule has 0 fully saturated rings. The molecule has 1 N–H and O–H groups in total. The fourth-order valence-electron chi connectivity index (χ4n) is 0.513. The largest absolute Gasteiger partial charge is 0.472 e. The van der Waals surface area contributed by atoms with E-state index in [4.69, 9.17) is 28.1 Å². The second-order valence-electron chi connectivity index (χ2n) is 2.03. The summed E-state index contributed by atoms with van der Waals surface area (Å²) in [4.78, 5) is 8.92. The highest BCUT2D eigenvalue weighted by molar-refractivity contribution is 7.47. The minimum Gasteiger partial charge on any atom is -0.302 e. The van der Waals surface area contributed by atoms with Crippen LogP contribution in [0.2, 0.25) is 0 Å². The van der Waals surface area contributed by atoms with Crippen molar-refractivity contribution in [1.82, 2.24) is 0 Å². The minimum absolute atomic E-state index is 0.00414. The van der Waals surface area contributed by atoms with Gasteiger partial charge in [-0.1, -0.05) is 23.2 Å². The van der Waals surface area contributed by atoms with Crippen LogP contribution in [0, 0.1) is 0 Å². The lowest BCUT2D eigenvalue weighted by molar-refractivity contribution is 0.157. The van der Waals surface area contributed by atoms with Crippen molar-refractivity contribution in [3.63, 3.8) is 0 Å². The molecule has 0 spiro atoms. The third-order valence-electron chi connectivity index (χ3n) is 1.01. The third kappa shape index (κ3) is 7.50. The van der Waals surface area contributed by atoms with Crippen LogP contribution in [0.25, 0.3) is 0 Å². The van der Waals surface area contributed by atoms with E-state index in [-0.39, 0.29) is 19.6 Å². The summed E-state index contributed by atoms with van der Waals surface area (Å²) < 4.78 is 19.9. The number of phosphoric ester groups is 1. The molecule has 0 aromatic rings. The molecule has 0 aliphatic carbocycles. The lowest BCUT2D eigenvalue weighted by Gasteiger charge is -2.09. The molecule has 0 saturated heterocycles. The van der Waals surface area contributed by atoms with Crippen LogP contribution in [-0.4, -0.2) is 18.1 Å². The zero-order valence-corrected chi connectivity index (χ0v) is 9.48. The molecule has 1 atom stereocenters. The van der Waals surface area contributed by atoms with Gasteiger partial charge in [0.15, 0.2) is 0 Å². The van der Waals surface area contributed by atoms with Crippen LogP contribution in [0.4, 0.5) is 0 Å². The zero-order valence-electron chi connectivity index (χ0n) is 7.07. The summed E-state index contributed by atoms with van der Waals surface area (Å²) in [5, 5.41) is 0.359. The van der Waals surface area contributed by atoms with Gasteiger partial charge in [0, 0.05) is 17.0 Å². The lowest BCUT2D eigenvalue weighted by atomic mass is 10.4. The molecule has 1 unspecified atom stereocenters. The number of hydrogen-bond donors (Lipinski definition) is 1. The zero-order chi connectivity index (χ0) is 10.3. The Balaban J connectivity index is 3.70. The molecular formula is C6H11Cl2O4P. The molecule has 0 aromatic heterocycles. The molecule has 78 valence electrons. The van der Waals surface area contributed by atoms with Crippen molar-refractivity contribution in [2.45, 2.75) is 13.3 Å². The Morgan fingerprint density at radius 2 is 2.23 bits per heavy atom. The van der Waals surface area contributed by atoms with Gasteiger partial charge in [0.1, 0.15) is 0 Å². The normalized spacial score (nSPS) is 17.1. The number of halogens is 2. The van der Waals surface area contributed by atoms with E-state index in [0.29, 0.717) is 5.03 Å². The van der Waals surface area contributed by atoms with Gasteiger partial charge in [0.2, 0.25) is 0 Å². The molecule has 0 heterocycles. The maximum Gasteiger partial charge on any atom is 0.472 e. The van der Waals surface area contributed by atoms with Crippen molar-refractivity contribution in [3.8, 4) is 0 Å². The summed E-state index contributed by atoms with van der Waals surface area (Å²) in [7, 11) is -3.89. The maximum absolute atomic E-state index is 10.9. The van der Waals surface area contributed by atoms with E-state index in [9.17, 15) is 4.57 Å². The monoisotopic (exact) mass is 248 g/mol. The van der Waals surface area contributed by atoms with E-state index in [0.717, 1.165) is 0 Å². The predicted octanol–water partition coefficient (Wildman–Crippen LogP) is 2.85. The molecule has 13 heavy (non-hydrogen) atoms. The van der Waals surface area contributed by atoms with Crippen LogP contribution in [0.5, 0.6) is 0 Å². The van der Waals surface area contributed by atoms with E-state index < -0.39 is 7.82 Å². The highest BCUT2D eigenvalue weighted by Crippen LogP contribution is 2.43. The van der Waals surface area contributed by atoms with Crippen LogP contribution in [0.15, 0.2) is 10.6 Å². The van der Waals surface area contributed by atoms with Gasteiger partial charge in [-0.05, 0) is 6.92 Å². The van der Waals surface area contributed by atoms with Crippen LogP contribution < -0.4 is 0 Å². The van der Waals surface area contributed by atoms with E-state index >= 15 is 0 Å².